The van der Waals surface area contributed by atoms with Gasteiger partial charge in [0, 0.05) is 36.8 Å². The van der Waals surface area contributed by atoms with E-state index in [2.05, 4.69) is 42.2 Å². The molecule has 64 heavy (non-hydrogen) atoms. The van der Waals surface area contributed by atoms with Crippen molar-refractivity contribution >= 4 is 74.9 Å². The van der Waals surface area contributed by atoms with E-state index in [4.69, 9.17) is 5.73 Å². The molecule has 9 amide bonds. The van der Waals surface area contributed by atoms with Crippen LogP contribution in [0.5, 0.6) is 5.75 Å². The van der Waals surface area contributed by atoms with Crippen LogP contribution in [0.2, 0.25) is 0 Å². The topological polar surface area (TPSA) is 381 Å². The molecule has 14 N–H and O–H groups in total. The SMILES string of the molecule is CC[C@H](C)[C@@H]1NC(=O)CNC(=O)[C@@H]2Cc3c([nH]c4cc(O)ccc34)S(=O)C[C@H](NC(=O)CNC1=O)C(=O)N[C@@H](CC(N)=O)C(=O)N1CC(O)C[C@H]1C(=O)N[C@@H]([C@@H](C)[C@@H](O)CO)C(=O)N2. The number of aromatic nitrogens is 1. The van der Waals surface area contributed by atoms with Crippen LogP contribution in [0.4, 0.5) is 0 Å². The Kier molecular flexibility index (Phi) is 16.0. The number of H-pyrrole nitrogens is 1. The van der Waals surface area contributed by atoms with Gasteiger partial charge in [-0.15, -0.1) is 0 Å². The monoisotopic (exact) mass is 918 g/mol. The zero-order valence-electron chi connectivity index (χ0n) is 35.2. The van der Waals surface area contributed by atoms with E-state index >= 15 is 0 Å². The number of aromatic hydroxyl groups is 1. The summed E-state index contributed by atoms with van der Waals surface area (Å²) < 4.78 is 14.6. The van der Waals surface area contributed by atoms with Crippen LogP contribution in [0.3, 0.4) is 0 Å². The molecule has 1 saturated heterocycles. The van der Waals surface area contributed by atoms with Crippen molar-refractivity contribution in [2.24, 2.45) is 17.6 Å². The first-order valence-corrected chi connectivity index (χ1v) is 21.9. The first kappa shape index (κ1) is 48.8. The van der Waals surface area contributed by atoms with Crippen molar-refractivity contribution in [3.63, 3.8) is 0 Å². The molecule has 3 aliphatic heterocycles. The molecule has 1 fully saturated rings. The maximum Gasteiger partial charge on any atom is 0.246 e. The molecule has 1 aromatic carbocycles. The molecule has 350 valence electrons. The van der Waals surface area contributed by atoms with Gasteiger partial charge in [0.1, 0.15) is 47.0 Å². The van der Waals surface area contributed by atoms with Crippen LogP contribution >= 0.6 is 0 Å². The molecule has 2 aromatic rings. The van der Waals surface area contributed by atoms with Crippen LogP contribution in [0.15, 0.2) is 23.2 Å². The lowest BCUT2D eigenvalue weighted by molar-refractivity contribution is -0.144. The average molecular weight is 919 g/mol. The van der Waals surface area contributed by atoms with E-state index in [1.807, 2.05) is 0 Å². The van der Waals surface area contributed by atoms with Crippen molar-refractivity contribution in [2.75, 3.05) is 32.0 Å². The third kappa shape index (κ3) is 11.5. The first-order chi connectivity index (χ1) is 30.2. The number of aromatic amines is 1. The summed E-state index contributed by atoms with van der Waals surface area (Å²) in [4.78, 5) is 127. The number of benzene rings is 1. The summed E-state index contributed by atoms with van der Waals surface area (Å²) in [5, 5.41) is 58.8. The third-order valence-corrected chi connectivity index (χ3v) is 13.0. The van der Waals surface area contributed by atoms with Gasteiger partial charge in [0.25, 0.3) is 0 Å². The van der Waals surface area contributed by atoms with Crippen LogP contribution in [0.1, 0.15) is 45.6 Å². The highest BCUT2D eigenvalue weighted by Gasteiger charge is 2.45. The normalized spacial score (nSPS) is 28.5. The number of nitrogens with one attached hydrogen (secondary N) is 8. The van der Waals surface area contributed by atoms with Crippen molar-refractivity contribution < 1.29 is 67.8 Å². The molecular formula is C39H54N10O14S. The van der Waals surface area contributed by atoms with E-state index in [0.717, 1.165) is 4.90 Å². The molecule has 1 aromatic heterocycles. The number of aliphatic hydroxyl groups is 3. The van der Waals surface area contributed by atoms with Crippen molar-refractivity contribution in [3.05, 3.63) is 23.8 Å². The predicted octanol–water partition coefficient (Wildman–Crippen LogP) is -5.92. The molecule has 11 atom stereocenters. The molecule has 5 rings (SSSR count). The van der Waals surface area contributed by atoms with Crippen LogP contribution in [-0.4, -0.2) is 168 Å². The quantitative estimate of drug-likeness (QED) is 0.123. The Morgan fingerprint density at radius 2 is 1.55 bits per heavy atom. The van der Waals surface area contributed by atoms with Gasteiger partial charge < -0.3 is 73.3 Å². The second-order valence-electron chi connectivity index (χ2n) is 16.1. The van der Waals surface area contributed by atoms with E-state index in [-0.39, 0.29) is 27.2 Å². The maximum absolute atomic E-state index is 14.6. The Hall–Kier alpha value is -6.18. The summed E-state index contributed by atoms with van der Waals surface area (Å²) in [5.74, 6) is -12.1. The molecule has 2 unspecified atom stereocenters. The number of hydrogen-bond donors (Lipinski definition) is 13. The van der Waals surface area contributed by atoms with Crippen LogP contribution in [0, 0.1) is 11.8 Å². The van der Waals surface area contributed by atoms with E-state index in [1.165, 1.54) is 25.1 Å². The van der Waals surface area contributed by atoms with Crippen molar-refractivity contribution in [3.8, 4) is 5.75 Å². The van der Waals surface area contributed by atoms with Gasteiger partial charge >= 0.3 is 0 Å². The lowest BCUT2D eigenvalue weighted by Crippen LogP contribution is -2.62. The minimum atomic E-state index is -2.38. The average Bonchev–Trinajstić information content (AvgIpc) is 3.82. The third-order valence-electron chi connectivity index (χ3n) is 11.5. The highest BCUT2D eigenvalue weighted by Crippen LogP contribution is 2.30. The Labute approximate surface area is 368 Å². The second kappa shape index (κ2) is 21.0. The van der Waals surface area contributed by atoms with Gasteiger partial charge in [-0.05, 0) is 23.6 Å². The number of aliphatic hydroxyl groups excluding tert-OH is 3. The number of primary amides is 1. The number of nitrogens with zero attached hydrogens (tertiary/aromatic N) is 1. The summed E-state index contributed by atoms with van der Waals surface area (Å²) in [6.45, 7) is 1.76. The van der Waals surface area contributed by atoms with Crippen molar-refractivity contribution in [1.29, 1.82) is 0 Å². The molecule has 0 radical (unpaired) electrons. The molecule has 0 spiro atoms. The van der Waals surface area contributed by atoms with Gasteiger partial charge in [-0.2, -0.15) is 0 Å². The molecular weight excluding hydrogens is 865 g/mol. The Balaban J connectivity index is 1.73. The maximum atomic E-state index is 14.6. The molecule has 2 bridgehead atoms. The van der Waals surface area contributed by atoms with E-state index in [9.17, 15) is 67.8 Å². The number of hydrogen-bond acceptors (Lipinski definition) is 14. The van der Waals surface area contributed by atoms with Gasteiger partial charge in [0.2, 0.25) is 53.2 Å². The Morgan fingerprint density at radius 1 is 0.875 bits per heavy atom. The van der Waals surface area contributed by atoms with Gasteiger partial charge in [-0.3, -0.25) is 47.4 Å². The van der Waals surface area contributed by atoms with Gasteiger partial charge in [-0.25, -0.2) is 0 Å². The number of carbonyl (C=O) groups is 9. The largest absolute Gasteiger partial charge is 0.508 e. The lowest BCUT2D eigenvalue weighted by Gasteiger charge is -2.32. The van der Waals surface area contributed by atoms with E-state index in [0.29, 0.717) is 6.42 Å². The van der Waals surface area contributed by atoms with Crippen LogP contribution in [0.25, 0.3) is 10.9 Å². The lowest BCUT2D eigenvalue weighted by atomic mass is 9.93. The number of nitrogens with two attached hydrogens (primary N) is 1. The van der Waals surface area contributed by atoms with Gasteiger partial charge in [0.15, 0.2) is 0 Å². The summed E-state index contributed by atoms with van der Waals surface area (Å²) in [6.07, 6.45) is -4.42. The molecule has 25 heteroatoms. The predicted molar refractivity (Wildman–Crippen MR) is 222 cm³/mol. The standard InChI is InChI=1S/C39H54N10O14S/c1-4-16(2)31-36(60)42-11-29(55)43-25-15-64(63)38-21(20-6-5-18(51)7-22(20)46-38)9-23(33(57)41-12-30(56)47-31)44-37(61)32(17(3)27(53)14-50)48-35(59)26-8-19(52)13-49(26)39(62)24(10-28(40)54)45-34(25)58/h5-7,16-17,19,23-27,31-32,46,50-53H,4,8-15H2,1-3H3,(H2,40,54)(H,41,57)(H,42,60)(H,43,55)(H,44,61)(H,45,58)(H,47,56)(H,48,59)/t16-,17-,19?,23-,24-,25-,26-,27-,31-,32-,64?/m0/s1. The number of phenols is 1. The number of amides is 9. The minimum absolute atomic E-state index is 0.0800. The fourth-order valence-electron chi connectivity index (χ4n) is 7.70. The molecule has 3 aliphatic rings. The smallest absolute Gasteiger partial charge is 0.246 e. The van der Waals surface area contributed by atoms with E-state index in [1.54, 1.807) is 13.8 Å². The fourth-order valence-corrected chi connectivity index (χ4v) is 9.10. The Bertz CT molecular complexity index is 2200. The number of carbonyl (C=O) groups excluding carboxylic acids is 9. The van der Waals surface area contributed by atoms with Gasteiger partial charge in [0.05, 0.1) is 60.4 Å². The summed E-state index contributed by atoms with van der Waals surface area (Å²) in [5.41, 5.74) is 5.73. The highest BCUT2D eigenvalue weighted by molar-refractivity contribution is 7.85. The summed E-state index contributed by atoms with van der Waals surface area (Å²) in [7, 11) is -2.38. The molecule has 0 saturated carbocycles. The highest BCUT2D eigenvalue weighted by atomic mass is 32.2. The fraction of sp³-hybridized carbons (Fsp3) is 0.564. The van der Waals surface area contributed by atoms with Gasteiger partial charge in [-0.1, -0.05) is 27.2 Å². The van der Waals surface area contributed by atoms with E-state index < -0.39 is 176 Å². The zero-order chi connectivity index (χ0) is 47.2. The van der Waals surface area contributed by atoms with Crippen molar-refractivity contribution in [2.45, 2.75) is 99.9 Å². The minimum Gasteiger partial charge on any atom is -0.508 e. The first-order valence-electron chi connectivity index (χ1n) is 20.6. The summed E-state index contributed by atoms with van der Waals surface area (Å²) >= 11 is 0. The zero-order valence-corrected chi connectivity index (χ0v) is 36.0. The number of phenolic OH excluding ortho intramolecular Hbond substituents is 1. The number of rotatable bonds is 7. The molecule has 4 heterocycles. The Morgan fingerprint density at radius 3 is 2.20 bits per heavy atom. The van der Waals surface area contributed by atoms with Crippen molar-refractivity contribution in [1.82, 2.24) is 47.1 Å². The molecule has 0 aliphatic carbocycles. The summed E-state index contributed by atoms with van der Waals surface area (Å²) in [6, 6.07) is -5.99. The molecule has 24 nitrogen and oxygen atoms in total. The van der Waals surface area contributed by atoms with Crippen LogP contribution in [-0.2, 0) is 60.4 Å². The number of fused-ring (bicyclic) bond motifs is 5. The second-order valence-corrected chi connectivity index (χ2v) is 17.6. The van der Waals surface area contributed by atoms with Crippen LogP contribution < -0.4 is 43.0 Å².